The van der Waals surface area contributed by atoms with E-state index in [1.54, 1.807) is 42.7 Å². The normalized spacial score (nSPS) is 14.2. The monoisotopic (exact) mass is 666 g/mol. The third-order valence-corrected chi connectivity index (χ3v) is 9.88. The Labute approximate surface area is 281 Å². The molecule has 5 aromatic rings. The van der Waals surface area contributed by atoms with Crippen LogP contribution in [0.2, 0.25) is 0 Å². The van der Waals surface area contributed by atoms with Crippen LogP contribution in [0, 0.1) is 13.8 Å². The van der Waals surface area contributed by atoms with Gasteiger partial charge in [0.2, 0.25) is 0 Å². The lowest BCUT2D eigenvalue weighted by Crippen LogP contribution is -2.29. The highest BCUT2D eigenvalue weighted by Gasteiger charge is 2.36. The minimum atomic E-state index is -0.383. The number of nitrogens with one attached hydrogen (secondary N) is 1. The quantitative estimate of drug-likeness (QED) is 0.163. The third kappa shape index (κ3) is 6.65. The number of ether oxygens (including phenoxy) is 2. The molecule has 1 aliphatic rings. The van der Waals surface area contributed by atoms with E-state index in [0.717, 1.165) is 33.0 Å². The number of carbonyl (C=O) groups excluding carboxylic acids is 2. The van der Waals surface area contributed by atoms with Crippen molar-refractivity contribution in [3.8, 4) is 17.2 Å². The molecule has 3 heterocycles. The summed E-state index contributed by atoms with van der Waals surface area (Å²) in [6, 6.07) is 24.3. The Kier molecular flexibility index (Phi) is 9.69. The average Bonchev–Trinajstić information content (AvgIpc) is 3.88. The van der Waals surface area contributed by atoms with Crippen molar-refractivity contribution in [2.75, 3.05) is 20.0 Å². The van der Waals surface area contributed by atoms with Crippen LogP contribution in [-0.2, 0) is 11.3 Å². The number of aryl methyl sites for hydroxylation is 1. The second-order valence-electron chi connectivity index (χ2n) is 10.9. The van der Waals surface area contributed by atoms with Gasteiger partial charge >= 0.3 is 0 Å². The lowest BCUT2D eigenvalue weighted by molar-refractivity contribution is -0.130. The predicted octanol–water partition coefficient (Wildman–Crippen LogP) is 6.36. The van der Waals surface area contributed by atoms with Gasteiger partial charge in [0, 0.05) is 17.5 Å². The summed E-state index contributed by atoms with van der Waals surface area (Å²) < 4.78 is 13.2. The number of nitrogens with zero attached hydrogens (tertiary/aromatic N) is 5. The summed E-state index contributed by atoms with van der Waals surface area (Å²) in [5.74, 6) is 1.37. The highest BCUT2D eigenvalue weighted by atomic mass is 32.2. The van der Waals surface area contributed by atoms with Crippen LogP contribution in [0.1, 0.15) is 50.2 Å². The van der Waals surface area contributed by atoms with Crippen molar-refractivity contribution >= 4 is 40.6 Å². The fraction of sp³-hybridized carbons (Fsp3) is 0.229. The highest BCUT2D eigenvalue weighted by Crippen LogP contribution is 2.42. The van der Waals surface area contributed by atoms with Gasteiger partial charge in [-0.15, -0.1) is 21.5 Å². The minimum absolute atomic E-state index is 0.0589. The smallest absolute Gasteiger partial charge is 0.253 e. The fourth-order valence-electron chi connectivity index (χ4n) is 5.52. The Balaban J connectivity index is 1.29. The SMILES string of the molecule is COc1cccc([C@@H]2CC(c3cccs3)=NN2C(=O)CSc2nnc(CNC(=O)c3ccccc3)n2-c2cccc(C)c2C)c1OC. The summed E-state index contributed by atoms with van der Waals surface area (Å²) in [5.41, 5.74) is 5.24. The zero-order valence-corrected chi connectivity index (χ0v) is 28.1. The first-order valence-corrected chi connectivity index (χ1v) is 16.9. The van der Waals surface area contributed by atoms with Gasteiger partial charge in [-0.05, 0) is 60.7 Å². The largest absolute Gasteiger partial charge is 0.493 e. The van der Waals surface area contributed by atoms with E-state index in [1.165, 1.54) is 11.8 Å². The van der Waals surface area contributed by atoms with Gasteiger partial charge in [0.25, 0.3) is 11.8 Å². The second kappa shape index (κ2) is 14.2. The molecule has 3 aromatic carbocycles. The minimum Gasteiger partial charge on any atom is -0.493 e. The van der Waals surface area contributed by atoms with Gasteiger partial charge in [-0.3, -0.25) is 14.2 Å². The van der Waals surface area contributed by atoms with Crippen LogP contribution in [0.25, 0.3) is 5.69 Å². The number of rotatable bonds is 11. The molecule has 0 fully saturated rings. The van der Waals surface area contributed by atoms with Crippen LogP contribution in [0.3, 0.4) is 0 Å². The molecule has 0 aliphatic carbocycles. The van der Waals surface area contributed by atoms with Gasteiger partial charge in [-0.1, -0.05) is 60.3 Å². The van der Waals surface area contributed by atoms with Gasteiger partial charge in [0.05, 0.1) is 48.8 Å². The number of methoxy groups -OCH3 is 2. The molecule has 47 heavy (non-hydrogen) atoms. The molecule has 2 amide bonds. The average molecular weight is 667 g/mol. The molecule has 0 radical (unpaired) electrons. The molecular formula is C35H34N6O4S2. The van der Waals surface area contributed by atoms with Crippen LogP contribution >= 0.6 is 23.1 Å². The molecule has 1 N–H and O–H groups in total. The van der Waals surface area contributed by atoms with Crippen molar-refractivity contribution in [3.63, 3.8) is 0 Å². The van der Waals surface area contributed by atoms with Gasteiger partial charge in [-0.2, -0.15) is 5.10 Å². The number of hydrazone groups is 1. The molecule has 2 aromatic heterocycles. The van der Waals surface area contributed by atoms with Crippen molar-refractivity contribution in [2.24, 2.45) is 5.10 Å². The Hall–Kier alpha value is -4.94. The maximum absolute atomic E-state index is 14.0. The summed E-state index contributed by atoms with van der Waals surface area (Å²) >= 11 is 2.87. The van der Waals surface area contributed by atoms with Crippen molar-refractivity contribution in [3.05, 3.63) is 117 Å². The Bertz CT molecular complexity index is 1920. The zero-order chi connectivity index (χ0) is 32.9. The van der Waals surface area contributed by atoms with E-state index in [4.69, 9.17) is 14.6 Å². The number of thioether (sulfide) groups is 1. The van der Waals surface area contributed by atoms with Crippen LogP contribution in [0.4, 0.5) is 0 Å². The first-order valence-electron chi connectivity index (χ1n) is 15.0. The van der Waals surface area contributed by atoms with Crippen molar-refractivity contribution < 1.29 is 19.1 Å². The van der Waals surface area contributed by atoms with E-state index < -0.39 is 0 Å². The van der Waals surface area contributed by atoms with Crippen LogP contribution in [0.5, 0.6) is 11.5 Å². The molecule has 1 aliphatic heterocycles. The topological polar surface area (TPSA) is 111 Å². The Morgan fingerprint density at radius 2 is 1.77 bits per heavy atom. The molecule has 0 spiro atoms. The molecule has 0 unspecified atom stereocenters. The second-order valence-corrected chi connectivity index (χ2v) is 12.7. The molecule has 240 valence electrons. The lowest BCUT2D eigenvalue weighted by Gasteiger charge is -2.24. The molecule has 6 rings (SSSR count). The maximum Gasteiger partial charge on any atom is 0.253 e. The highest BCUT2D eigenvalue weighted by molar-refractivity contribution is 7.99. The molecule has 0 saturated carbocycles. The summed E-state index contributed by atoms with van der Waals surface area (Å²) in [5, 5.41) is 20.8. The maximum atomic E-state index is 14.0. The van der Waals surface area contributed by atoms with Crippen LogP contribution in [-0.4, -0.2) is 57.3 Å². The van der Waals surface area contributed by atoms with E-state index in [9.17, 15) is 9.59 Å². The van der Waals surface area contributed by atoms with Gasteiger partial charge in [-0.25, -0.2) is 5.01 Å². The summed E-state index contributed by atoms with van der Waals surface area (Å²) in [7, 11) is 3.19. The molecular weight excluding hydrogens is 633 g/mol. The van der Waals surface area contributed by atoms with E-state index in [-0.39, 0.29) is 30.2 Å². The standard InChI is InChI=1S/C35H34N6O4S2/c1-22-11-8-15-27(23(22)2)40-31(20-36-34(43)24-12-6-5-7-13-24)37-38-35(40)47-21-32(42)41-28(19-26(39-41)30-17-10-18-46-30)25-14-9-16-29(44-3)33(25)45-4/h5-18,28H,19-21H2,1-4H3,(H,36,43)/t28-/m0/s1. The molecule has 1 atom stereocenters. The molecule has 0 bridgehead atoms. The summed E-state index contributed by atoms with van der Waals surface area (Å²) in [6.45, 7) is 4.23. The first kappa shape index (κ1) is 32.0. The summed E-state index contributed by atoms with van der Waals surface area (Å²) in [4.78, 5) is 27.9. The van der Waals surface area contributed by atoms with Gasteiger partial charge < -0.3 is 14.8 Å². The number of hydrogen-bond acceptors (Lipinski definition) is 9. The van der Waals surface area contributed by atoms with Gasteiger partial charge in [0.1, 0.15) is 0 Å². The number of aromatic nitrogens is 3. The van der Waals surface area contributed by atoms with E-state index in [1.807, 2.05) is 90.5 Å². The Morgan fingerprint density at radius 1 is 0.957 bits per heavy atom. The lowest BCUT2D eigenvalue weighted by atomic mass is 9.99. The van der Waals surface area contributed by atoms with Crippen LogP contribution < -0.4 is 14.8 Å². The van der Waals surface area contributed by atoms with E-state index in [0.29, 0.717) is 34.5 Å². The number of benzene rings is 3. The van der Waals surface area contributed by atoms with Crippen molar-refractivity contribution in [2.45, 2.75) is 38.0 Å². The number of carbonyl (C=O) groups is 2. The molecule has 10 nitrogen and oxygen atoms in total. The first-order chi connectivity index (χ1) is 22.9. The zero-order valence-electron chi connectivity index (χ0n) is 26.5. The number of thiophene rings is 1. The third-order valence-electron chi connectivity index (χ3n) is 8.05. The predicted molar refractivity (Wildman–Crippen MR) is 184 cm³/mol. The van der Waals surface area contributed by atoms with E-state index in [2.05, 4.69) is 15.5 Å². The molecule has 0 saturated heterocycles. The van der Waals surface area contributed by atoms with Crippen molar-refractivity contribution in [1.29, 1.82) is 0 Å². The molecule has 12 heteroatoms. The van der Waals surface area contributed by atoms with Crippen LogP contribution in [0.15, 0.2) is 94.5 Å². The van der Waals surface area contributed by atoms with Crippen molar-refractivity contribution in [1.82, 2.24) is 25.1 Å². The summed E-state index contributed by atoms with van der Waals surface area (Å²) in [6.07, 6.45) is 0.532. The Morgan fingerprint density at radius 3 is 2.51 bits per heavy atom. The van der Waals surface area contributed by atoms with E-state index >= 15 is 0 Å². The number of para-hydroxylation sites is 1. The number of amides is 2. The van der Waals surface area contributed by atoms with Gasteiger partial charge in [0.15, 0.2) is 22.5 Å². The number of hydrogen-bond donors (Lipinski definition) is 1. The fourth-order valence-corrected chi connectivity index (χ4v) is 7.06.